The van der Waals surface area contributed by atoms with Gasteiger partial charge in [0.05, 0.1) is 19.6 Å². The molecule has 0 aliphatic rings. The summed E-state index contributed by atoms with van der Waals surface area (Å²) in [5.41, 5.74) is 0. The zero-order chi connectivity index (χ0) is 35.6. The van der Waals surface area contributed by atoms with Crippen molar-refractivity contribution in [2.24, 2.45) is 0 Å². The lowest BCUT2D eigenvalue weighted by molar-refractivity contribution is -0.153. The van der Waals surface area contributed by atoms with Gasteiger partial charge in [-0.05, 0) is 89.9 Å². The van der Waals surface area contributed by atoms with Crippen molar-refractivity contribution >= 4 is 5.97 Å². The predicted octanol–water partition coefficient (Wildman–Crippen LogP) is 12.3. The maximum Gasteiger partial charge on any atom is 0.310 e. The molecule has 0 aliphatic carbocycles. The molecule has 0 aromatic rings. The van der Waals surface area contributed by atoms with Crippen LogP contribution in [0.25, 0.3) is 0 Å². The highest BCUT2D eigenvalue weighted by Gasteiger charge is 2.12. The molecule has 0 aromatic heterocycles. The maximum atomic E-state index is 12.1. The van der Waals surface area contributed by atoms with Crippen LogP contribution in [0.2, 0.25) is 0 Å². The number of carbonyl (C=O) groups excluding carboxylic acids is 1. The number of aliphatic hydroxyl groups is 1. The molecule has 49 heavy (non-hydrogen) atoms. The topological polar surface area (TPSA) is 55.8 Å². The van der Waals surface area contributed by atoms with Crippen molar-refractivity contribution in [2.45, 2.75) is 123 Å². The molecular formula is C45H68O4. The number of unbranched alkanes of at least 4 members (excludes halogenated alkanes) is 3. The van der Waals surface area contributed by atoms with Crippen LogP contribution in [-0.2, 0) is 14.3 Å². The largest absolute Gasteiger partial charge is 0.457 e. The molecule has 4 heteroatoms. The fraction of sp³-hybridized carbons (Fsp3) is 0.489. The van der Waals surface area contributed by atoms with Crippen molar-refractivity contribution in [3.05, 3.63) is 134 Å². The van der Waals surface area contributed by atoms with E-state index in [4.69, 9.17) is 9.47 Å². The first kappa shape index (κ1) is 45.5. The van der Waals surface area contributed by atoms with Gasteiger partial charge in [-0.3, -0.25) is 4.79 Å². The van der Waals surface area contributed by atoms with Gasteiger partial charge in [-0.15, -0.1) is 0 Å². The van der Waals surface area contributed by atoms with E-state index >= 15 is 0 Å². The molecule has 1 atom stereocenters. The second kappa shape index (κ2) is 40.7. The molecule has 0 heterocycles. The Hall–Kier alpha value is -3.47. The van der Waals surface area contributed by atoms with E-state index in [0.717, 1.165) is 96.3 Å². The molecule has 0 aliphatic heterocycles. The van der Waals surface area contributed by atoms with Crippen molar-refractivity contribution in [1.82, 2.24) is 0 Å². The maximum absolute atomic E-state index is 12.1. The number of aliphatic hydroxyl groups excluding tert-OH is 1. The highest BCUT2D eigenvalue weighted by atomic mass is 16.6. The smallest absolute Gasteiger partial charge is 0.310 e. The standard InChI is InChI=1S/C45H68O4/c1-3-5-7-9-11-13-15-17-19-20-21-22-23-24-25-27-29-31-33-35-37-39-41-48-43-44(42-46)49-45(47)40-38-36-34-32-30-28-26-18-16-14-12-10-8-6-4-2/h5-8,11-14,17-19,21-22,24-26,29-32,36,38,44,46H,3-4,9-10,15-16,20,23,27-28,33-35,37,39-43H2,1-2H3/b7-5-,8-6-,13-11-,14-12-,19-17-,22-21-,25-24-,26-18-,31-29-,32-30-,38-36-. The quantitative estimate of drug-likeness (QED) is 0.0439. The molecule has 4 nitrogen and oxygen atoms in total. The van der Waals surface area contributed by atoms with Crippen LogP contribution in [0.5, 0.6) is 0 Å². The molecule has 1 N–H and O–H groups in total. The third-order valence-electron chi connectivity index (χ3n) is 7.00. The Morgan fingerprint density at radius 2 is 0.857 bits per heavy atom. The first-order valence-electron chi connectivity index (χ1n) is 18.8. The van der Waals surface area contributed by atoms with Crippen molar-refractivity contribution in [2.75, 3.05) is 19.8 Å². The van der Waals surface area contributed by atoms with Crippen molar-refractivity contribution in [1.29, 1.82) is 0 Å². The molecule has 1 unspecified atom stereocenters. The van der Waals surface area contributed by atoms with Crippen LogP contribution in [0.4, 0.5) is 0 Å². The molecule has 0 spiro atoms. The van der Waals surface area contributed by atoms with Gasteiger partial charge in [-0.25, -0.2) is 0 Å². The van der Waals surface area contributed by atoms with Gasteiger partial charge in [0.2, 0.25) is 0 Å². The monoisotopic (exact) mass is 673 g/mol. The fourth-order valence-corrected chi connectivity index (χ4v) is 4.29. The average molecular weight is 673 g/mol. The van der Waals surface area contributed by atoms with Crippen molar-refractivity contribution in [3.63, 3.8) is 0 Å². The van der Waals surface area contributed by atoms with Crippen molar-refractivity contribution < 1.29 is 19.4 Å². The van der Waals surface area contributed by atoms with E-state index in [9.17, 15) is 9.90 Å². The van der Waals surface area contributed by atoms with E-state index in [-0.39, 0.29) is 25.6 Å². The van der Waals surface area contributed by atoms with Crippen molar-refractivity contribution in [3.8, 4) is 0 Å². The number of rotatable bonds is 32. The van der Waals surface area contributed by atoms with Crippen LogP contribution in [0.3, 0.4) is 0 Å². The number of hydrogen-bond donors (Lipinski definition) is 1. The molecule has 0 fully saturated rings. The van der Waals surface area contributed by atoms with Crippen LogP contribution >= 0.6 is 0 Å². The first-order chi connectivity index (χ1) is 24.2. The first-order valence-corrected chi connectivity index (χ1v) is 18.8. The van der Waals surface area contributed by atoms with E-state index in [1.165, 1.54) is 0 Å². The number of carbonyl (C=O) groups is 1. The van der Waals surface area contributed by atoms with Crippen LogP contribution in [0.15, 0.2) is 134 Å². The van der Waals surface area contributed by atoms with Gasteiger partial charge in [0.15, 0.2) is 0 Å². The summed E-state index contributed by atoms with van der Waals surface area (Å²) >= 11 is 0. The SMILES string of the molecule is CC/C=C\C/C=C\C/C=C\C/C=C\C/C=C\C/C=C\CCCCCOCC(CO)OC(=O)C/C=C\C/C=C\C/C=C\C/C=C\C/C=C\CC. The van der Waals surface area contributed by atoms with E-state index in [0.29, 0.717) is 6.61 Å². The van der Waals surface area contributed by atoms with Crippen LogP contribution < -0.4 is 0 Å². The second-order valence-corrected chi connectivity index (χ2v) is 11.5. The van der Waals surface area contributed by atoms with E-state index in [1.54, 1.807) is 0 Å². The number of allylic oxidation sites excluding steroid dienone is 21. The molecule has 0 saturated heterocycles. The van der Waals surface area contributed by atoms with Gasteiger partial charge >= 0.3 is 5.97 Å². The molecule has 0 bridgehead atoms. The molecule has 0 saturated carbocycles. The van der Waals surface area contributed by atoms with Gasteiger partial charge in [0.25, 0.3) is 0 Å². The Morgan fingerprint density at radius 1 is 0.490 bits per heavy atom. The summed E-state index contributed by atoms with van der Waals surface area (Å²) in [6.45, 7) is 4.89. The minimum atomic E-state index is -0.617. The molecule has 0 amide bonds. The highest BCUT2D eigenvalue weighted by Crippen LogP contribution is 2.04. The summed E-state index contributed by atoms with van der Waals surface area (Å²) in [7, 11) is 0. The number of hydrogen-bond acceptors (Lipinski definition) is 4. The summed E-state index contributed by atoms with van der Waals surface area (Å²) in [5.74, 6) is -0.347. The summed E-state index contributed by atoms with van der Waals surface area (Å²) in [4.78, 5) is 12.1. The Kier molecular flexibility index (Phi) is 37.8. The van der Waals surface area contributed by atoms with E-state index < -0.39 is 6.10 Å². The lowest BCUT2D eigenvalue weighted by atomic mass is 10.2. The lowest BCUT2D eigenvalue weighted by Gasteiger charge is -2.15. The zero-order valence-corrected chi connectivity index (χ0v) is 30.9. The number of ether oxygens (including phenoxy) is 2. The molecule has 0 aromatic carbocycles. The van der Waals surface area contributed by atoms with Crippen LogP contribution in [0.1, 0.15) is 117 Å². The summed E-state index contributed by atoms with van der Waals surface area (Å²) in [5, 5.41) is 9.54. The van der Waals surface area contributed by atoms with E-state index in [1.807, 2.05) is 12.2 Å². The zero-order valence-electron chi connectivity index (χ0n) is 30.9. The highest BCUT2D eigenvalue weighted by molar-refractivity contribution is 5.71. The Labute approximate surface area is 300 Å². The minimum absolute atomic E-state index is 0.193. The predicted molar refractivity (Wildman–Crippen MR) is 214 cm³/mol. The van der Waals surface area contributed by atoms with Crippen LogP contribution in [0, 0.1) is 0 Å². The normalized spacial score (nSPS) is 13.9. The summed E-state index contributed by atoms with van der Waals surface area (Å²) in [6.07, 6.45) is 62.3. The second-order valence-electron chi connectivity index (χ2n) is 11.5. The third-order valence-corrected chi connectivity index (χ3v) is 7.00. The summed E-state index contributed by atoms with van der Waals surface area (Å²) in [6, 6.07) is 0. The third kappa shape index (κ3) is 38.9. The van der Waals surface area contributed by atoms with Gasteiger partial charge in [-0.1, -0.05) is 154 Å². The summed E-state index contributed by atoms with van der Waals surface area (Å²) < 4.78 is 11.0. The molecular weight excluding hydrogens is 604 g/mol. The molecule has 272 valence electrons. The molecule has 0 radical (unpaired) electrons. The average Bonchev–Trinajstić information content (AvgIpc) is 3.11. The van der Waals surface area contributed by atoms with E-state index in [2.05, 4.69) is 135 Å². The Morgan fingerprint density at radius 3 is 1.24 bits per heavy atom. The lowest BCUT2D eigenvalue weighted by Crippen LogP contribution is -2.27. The van der Waals surface area contributed by atoms with Gasteiger partial charge in [0, 0.05) is 6.61 Å². The van der Waals surface area contributed by atoms with Crippen LogP contribution in [-0.4, -0.2) is 37.0 Å². The van der Waals surface area contributed by atoms with Gasteiger partial charge < -0.3 is 14.6 Å². The fourth-order valence-electron chi connectivity index (χ4n) is 4.29. The Balaban J connectivity index is 3.72. The van der Waals surface area contributed by atoms with Gasteiger partial charge in [0.1, 0.15) is 6.10 Å². The molecule has 0 rings (SSSR count). The Bertz CT molecular complexity index is 1060. The minimum Gasteiger partial charge on any atom is -0.457 e. The number of esters is 1. The van der Waals surface area contributed by atoms with Gasteiger partial charge in [-0.2, -0.15) is 0 Å².